The molecule has 1 aromatic carbocycles. The molecule has 0 spiro atoms. The van der Waals surface area contributed by atoms with E-state index in [9.17, 15) is 9.90 Å². The number of aliphatic hydroxyl groups is 1. The van der Waals surface area contributed by atoms with Crippen LogP contribution in [0.1, 0.15) is 18.4 Å². The third-order valence-electron chi connectivity index (χ3n) is 4.12. The molecule has 1 fully saturated rings. The van der Waals surface area contributed by atoms with E-state index in [0.717, 1.165) is 38.9 Å². The van der Waals surface area contributed by atoms with Crippen LogP contribution in [0.25, 0.3) is 0 Å². The molecule has 0 radical (unpaired) electrons. The standard InChI is InChI=1S/C17H27N3O2/c21-14-16-7-4-11-20(13-16)12-10-19-17(22)18-9-8-15-5-2-1-3-6-15/h1-3,5-6,16,21H,4,7-14H2,(H2,18,19,22). The molecule has 0 saturated carbocycles. The number of nitrogens with one attached hydrogen (secondary N) is 2. The van der Waals surface area contributed by atoms with Crippen molar-refractivity contribution in [2.45, 2.75) is 19.3 Å². The van der Waals surface area contributed by atoms with Gasteiger partial charge in [0.05, 0.1) is 0 Å². The smallest absolute Gasteiger partial charge is 0.314 e. The molecule has 2 rings (SSSR count). The van der Waals surface area contributed by atoms with Gasteiger partial charge in [0.25, 0.3) is 0 Å². The molecule has 1 aromatic rings. The number of benzene rings is 1. The van der Waals surface area contributed by atoms with Crippen LogP contribution < -0.4 is 10.6 Å². The fourth-order valence-corrected chi connectivity index (χ4v) is 2.86. The van der Waals surface area contributed by atoms with E-state index in [0.29, 0.717) is 19.0 Å². The van der Waals surface area contributed by atoms with Crippen molar-refractivity contribution in [3.8, 4) is 0 Å². The average Bonchev–Trinajstić information content (AvgIpc) is 2.56. The Kier molecular flexibility index (Phi) is 7.19. The van der Waals surface area contributed by atoms with Gasteiger partial charge in [-0.15, -0.1) is 0 Å². The van der Waals surface area contributed by atoms with Gasteiger partial charge in [-0.2, -0.15) is 0 Å². The first-order valence-electron chi connectivity index (χ1n) is 8.17. The van der Waals surface area contributed by atoms with Crippen LogP contribution >= 0.6 is 0 Å². The highest BCUT2D eigenvalue weighted by molar-refractivity contribution is 5.73. The number of piperidine rings is 1. The predicted octanol–water partition coefficient (Wildman–Crippen LogP) is 1.23. The molecule has 0 aromatic heterocycles. The van der Waals surface area contributed by atoms with Gasteiger partial charge in [0.2, 0.25) is 0 Å². The number of rotatable bonds is 7. The summed E-state index contributed by atoms with van der Waals surface area (Å²) >= 11 is 0. The molecule has 1 saturated heterocycles. The monoisotopic (exact) mass is 305 g/mol. The first-order valence-corrected chi connectivity index (χ1v) is 8.17. The molecular weight excluding hydrogens is 278 g/mol. The van der Waals surface area contributed by atoms with Crippen molar-refractivity contribution < 1.29 is 9.90 Å². The van der Waals surface area contributed by atoms with Gasteiger partial charge in [-0.25, -0.2) is 4.79 Å². The zero-order valence-corrected chi connectivity index (χ0v) is 13.1. The second-order valence-corrected chi connectivity index (χ2v) is 5.91. The maximum Gasteiger partial charge on any atom is 0.314 e. The van der Waals surface area contributed by atoms with E-state index in [1.54, 1.807) is 0 Å². The van der Waals surface area contributed by atoms with Crippen molar-refractivity contribution >= 4 is 6.03 Å². The lowest BCUT2D eigenvalue weighted by atomic mass is 9.99. The van der Waals surface area contributed by atoms with E-state index < -0.39 is 0 Å². The molecule has 2 amide bonds. The largest absolute Gasteiger partial charge is 0.396 e. The summed E-state index contributed by atoms with van der Waals surface area (Å²) in [5.74, 6) is 0.397. The number of hydrogen-bond acceptors (Lipinski definition) is 3. The summed E-state index contributed by atoms with van der Waals surface area (Å²) < 4.78 is 0. The summed E-state index contributed by atoms with van der Waals surface area (Å²) in [7, 11) is 0. The highest BCUT2D eigenvalue weighted by atomic mass is 16.3. The molecule has 0 bridgehead atoms. The van der Waals surface area contributed by atoms with E-state index in [4.69, 9.17) is 0 Å². The van der Waals surface area contributed by atoms with Crippen LogP contribution in [-0.2, 0) is 6.42 Å². The third kappa shape index (κ3) is 6.03. The molecule has 1 aliphatic heterocycles. The van der Waals surface area contributed by atoms with Gasteiger partial charge in [-0.1, -0.05) is 30.3 Å². The average molecular weight is 305 g/mol. The highest BCUT2D eigenvalue weighted by Gasteiger charge is 2.18. The lowest BCUT2D eigenvalue weighted by Gasteiger charge is -2.31. The molecule has 1 atom stereocenters. The van der Waals surface area contributed by atoms with Crippen LogP contribution in [0.3, 0.4) is 0 Å². The van der Waals surface area contributed by atoms with Crippen LogP contribution in [0.4, 0.5) is 4.79 Å². The molecule has 0 aliphatic carbocycles. The predicted molar refractivity (Wildman–Crippen MR) is 87.8 cm³/mol. The van der Waals surface area contributed by atoms with Crippen molar-refractivity contribution in [3.05, 3.63) is 35.9 Å². The summed E-state index contributed by atoms with van der Waals surface area (Å²) in [6.45, 7) is 4.41. The van der Waals surface area contributed by atoms with Crippen molar-refractivity contribution in [1.82, 2.24) is 15.5 Å². The summed E-state index contributed by atoms with van der Waals surface area (Å²) in [6, 6.07) is 10.0. The Bertz CT molecular complexity index is 439. The third-order valence-corrected chi connectivity index (χ3v) is 4.12. The highest BCUT2D eigenvalue weighted by Crippen LogP contribution is 2.14. The van der Waals surface area contributed by atoms with Crippen LogP contribution in [-0.4, -0.2) is 55.4 Å². The first-order chi connectivity index (χ1) is 10.8. The lowest BCUT2D eigenvalue weighted by Crippen LogP contribution is -2.44. The van der Waals surface area contributed by atoms with Crippen LogP contribution in [0.2, 0.25) is 0 Å². The Morgan fingerprint density at radius 1 is 1.23 bits per heavy atom. The molecule has 22 heavy (non-hydrogen) atoms. The van der Waals surface area contributed by atoms with Gasteiger partial charge >= 0.3 is 6.03 Å². The van der Waals surface area contributed by atoms with Crippen LogP contribution in [0.5, 0.6) is 0 Å². The summed E-state index contributed by atoms with van der Waals surface area (Å²) in [6.07, 6.45) is 3.09. The Morgan fingerprint density at radius 2 is 2.00 bits per heavy atom. The molecule has 1 heterocycles. The van der Waals surface area contributed by atoms with Crippen molar-refractivity contribution in [1.29, 1.82) is 0 Å². The van der Waals surface area contributed by atoms with Gasteiger partial charge in [0, 0.05) is 32.8 Å². The maximum absolute atomic E-state index is 11.7. The molecule has 122 valence electrons. The van der Waals surface area contributed by atoms with Crippen molar-refractivity contribution in [2.24, 2.45) is 5.92 Å². The molecule has 1 aliphatic rings. The molecule has 5 nitrogen and oxygen atoms in total. The van der Waals surface area contributed by atoms with Gasteiger partial charge in [0.15, 0.2) is 0 Å². The van der Waals surface area contributed by atoms with Gasteiger partial charge in [0.1, 0.15) is 0 Å². The summed E-state index contributed by atoms with van der Waals surface area (Å²) in [5.41, 5.74) is 1.23. The number of urea groups is 1. The first kappa shape index (κ1) is 16.8. The molecule has 3 N–H and O–H groups in total. The second-order valence-electron chi connectivity index (χ2n) is 5.91. The number of nitrogens with zero attached hydrogens (tertiary/aromatic N) is 1. The second kappa shape index (κ2) is 9.43. The minimum atomic E-state index is -0.105. The van der Waals surface area contributed by atoms with E-state index >= 15 is 0 Å². The van der Waals surface area contributed by atoms with Gasteiger partial charge < -0.3 is 20.6 Å². The van der Waals surface area contributed by atoms with E-state index in [1.165, 1.54) is 5.56 Å². The topological polar surface area (TPSA) is 64.6 Å². The zero-order chi connectivity index (χ0) is 15.6. The Labute approximate surface area is 132 Å². The normalized spacial score (nSPS) is 18.9. The Morgan fingerprint density at radius 3 is 2.77 bits per heavy atom. The van der Waals surface area contributed by atoms with E-state index in [2.05, 4.69) is 27.7 Å². The minimum absolute atomic E-state index is 0.105. The van der Waals surface area contributed by atoms with E-state index in [1.807, 2.05) is 18.2 Å². The number of carbonyl (C=O) groups is 1. The fourth-order valence-electron chi connectivity index (χ4n) is 2.86. The fraction of sp³-hybridized carbons (Fsp3) is 0.588. The minimum Gasteiger partial charge on any atom is -0.396 e. The number of carbonyl (C=O) groups excluding carboxylic acids is 1. The zero-order valence-electron chi connectivity index (χ0n) is 13.1. The maximum atomic E-state index is 11.7. The SMILES string of the molecule is O=C(NCCc1ccccc1)NCCN1CCCC(CO)C1. The van der Waals surface area contributed by atoms with Crippen molar-refractivity contribution in [2.75, 3.05) is 39.3 Å². The molecule has 5 heteroatoms. The van der Waals surface area contributed by atoms with Crippen LogP contribution in [0, 0.1) is 5.92 Å². The summed E-state index contributed by atoms with van der Waals surface area (Å²) in [4.78, 5) is 14.0. The number of likely N-dealkylation sites (tertiary alicyclic amines) is 1. The molecular formula is C17H27N3O2. The number of aliphatic hydroxyl groups excluding tert-OH is 1. The molecule has 1 unspecified atom stereocenters. The Balaban J connectivity index is 1.54. The van der Waals surface area contributed by atoms with Crippen LogP contribution in [0.15, 0.2) is 30.3 Å². The van der Waals surface area contributed by atoms with Gasteiger partial charge in [-0.05, 0) is 37.3 Å². The van der Waals surface area contributed by atoms with E-state index in [-0.39, 0.29) is 12.6 Å². The quantitative estimate of drug-likeness (QED) is 0.710. The number of hydrogen-bond donors (Lipinski definition) is 3. The van der Waals surface area contributed by atoms with Crippen molar-refractivity contribution in [3.63, 3.8) is 0 Å². The lowest BCUT2D eigenvalue weighted by molar-refractivity contribution is 0.121. The Hall–Kier alpha value is -1.59. The van der Waals surface area contributed by atoms with Gasteiger partial charge in [-0.3, -0.25) is 0 Å². The summed E-state index contributed by atoms with van der Waals surface area (Å²) in [5, 5.41) is 15.0. The number of amides is 2.